The molecule has 3 aromatic rings. The molecule has 5 rings (SSSR count). The van der Waals surface area contributed by atoms with E-state index in [2.05, 4.69) is 5.32 Å². The smallest absolute Gasteiger partial charge is 0.320 e. The van der Waals surface area contributed by atoms with E-state index in [1.165, 1.54) is 28.6 Å². The van der Waals surface area contributed by atoms with Gasteiger partial charge in [0, 0.05) is 12.1 Å². The van der Waals surface area contributed by atoms with Crippen molar-refractivity contribution in [2.45, 2.75) is 29.4 Å². The van der Waals surface area contributed by atoms with E-state index in [1.807, 2.05) is 0 Å². The van der Waals surface area contributed by atoms with Crippen molar-refractivity contribution in [1.82, 2.24) is 9.62 Å². The zero-order valence-corrected chi connectivity index (χ0v) is 21.1. The SMILES string of the molecule is N[C@@H](Cc1cccc(S(=O)(=O)N2CC(Oc3ccc4c(c3)CCNC4=O)(c3ccc(F)cc3)C2)c1)C(=O)O. The van der Waals surface area contributed by atoms with Gasteiger partial charge in [-0.3, -0.25) is 9.59 Å². The van der Waals surface area contributed by atoms with Crippen LogP contribution in [0, 0.1) is 5.82 Å². The average Bonchev–Trinajstić information content (AvgIpc) is 2.86. The number of carbonyl (C=O) groups excluding carboxylic acids is 1. The maximum Gasteiger partial charge on any atom is 0.320 e. The van der Waals surface area contributed by atoms with Crippen molar-refractivity contribution >= 4 is 21.9 Å². The summed E-state index contributed by atoms with van der Waals surface area (Å²) >= 11 is 0. The van der Waals surface area contributed by atoms with Gasteiger partial charge in [0.25, 0.3) is 5.91 Å². The highest BCUT2D eigenvalue weighted by Gasteiger charge is 2.52. The van der Waals surface area contributed by atoms with Crippen LogP contribution in [0.4, 0.5) is 4.39 Å². The average molecular weight is 540 g/mol. The molecule has 1 fully saturated rings. The number of sulfonamides is 1. The minimum Gasteiger partial charge on any atom is -0.480 e. The van der Waals surface area contributed by atoms with E-state index in [4.69, 9.17) is 15.6 Å². The molecular weight excluding hydrogens is 513 g/mol. The quantitative estimate of drug-likeness (QED) is 0.398. The van der Waals surface area contributed by atoms with Crippen LogP contribution in [-0.4, -0.2) is 55.4 Å². The second-order valence-corrected chi connectivity index (χ2v) is 11.4. The van der Waals surface area contributed by atoms with Gasteiger partial charge in [-0.15, -0.1) is 0 Å². The number of nitrogens with two attached hydrogens (primary N) is 1. The molecule has 0 spiro atoms. The molecule has 2 aliphatic rings. The van der Waals surface area contributed by atoms with Gasteiger partial charge in [-0.1, -0.05) is 24.3 Å². The molecule has 0 aliphatic carbocycles. The summed E-state index contributed by atoms with van der Waals surface area (Å²) in [4.78, 5) is 23.2. The summed E-state index contributed by atoms with van der Waals surface area (Å²) in [7, 11) is -3.94. The predicted octanol–water partition coefficient (Wildman–Crippen LogP) is 2.04. The van der Waals surface area contributed by atoms with E-state index >= 15 is 0 Å². The van der Waals surface area contributed by atoms with E-state index in [9.17, 15) is 22.4 Å². The fourth-order valence-electron chi connectivity index (χ4n) is 4.77. The fourth-order valence-corrected chi connectivity index (χ4v) is 6.38. The molecule has 9 nitrogen and oxygen atoms in total. The molecule has 1 atom stereocenters. The van der Waals surface area contributed by atoms with Gasteiger partial charge >= 0.3 is 5.97 Å². The highest BCUT2D eigenvalue weighted by Crippen LogP contribution is 2.40. The summed E-state index contributed by atoms with van der Waals surface area (Å²) in [6.07, 6.45) is 0.627. The lowest BCUT2D eigenvalue weighted by Gasteiger charge is -2.49. The van der Waals surface area contributed by atoms with Crippen LogP contribution < -0.4 is 15.8 Å². The molecule has 0 saturated carbocycles. The number of amides is 1. The molecule has 38 heavy (non-hydrogen) atoms. The Bertz CT molecular complexity index is 1500. The molecule has 1 saturated heterocycles. The third-order valence-corrected chi connectivity index (χ3v) is 8.65. The Morgan fingerprint density at radius 3 is 2.58 bits per heavy atom. The standard InChI is InChI=1S/C27H26FN3O6S/c28-20-6-4-19(5-7-20)27(37-21-8-9-23-18(14-21)10-11-30-25(23)32)15-31(16-27)38(35,36)22-3-1-2-17(12-22)13-24(29)26(33)34/h1-9,12,14,24H,10-11,13,15-16,29H2,(H,30,32)(H,33,34)/t24-/m0/s1. The molecule has 0 aromatic heterocycles. The topological polar surface area (TPSA) is 139 Å². The normalized spacial score (nSPS) is 17.6. The first kappa shape index (κ1) is 25.8. The van der Waals surface area contributed by atoms with Crippen LogP contribution in [-0.2, 0) is 33.3 Å². The maximum atomic E-state index is 13.7. The van der Waals surface area contributed by atoms with Crippen molar-refractivity contribution in [3.8, 4) is 5.75 Å². The monoisotopic (exact) mass is 539 g/mol. The van der Waals surface area contributed by atoms with Gasteiger partial charge in [0.15, 0.2) is 5.60 Å². The molecule has 2 aliphatic heterocycles. The molecule has 3 aromatic carbocycles. The van der Waals surface area contributed by atoms with Crippen LogP contribution in [0.5, 0.6) is 5.75 Å². The maximum absolute atomic E-state index is 13.7. The molecule has 0 unspecified atom stereocenters. The van der Waals surface area contributed by atoms with Crippen molar-refractivity contribution < 1.29 is 32.2 Å². The zero-order chi connectivity index (χ0) is 27.1. The number of carboxylic acids is 1. The van der Waals surface area contributed by atoms with Gasteiger partial charge in [-0.05, 0) is 72.0 Å². The Morgan fingerprint density at radius 2 is 1.87 bits per heavy atom. The molecule has 0 bridgehead atoms. The number of nitrogens with zero attached hydrogens (tertiary/aromatic N) is 1. The number of ether oxygens (including phenoxy) is 1. The van der Waals surface area contributed by atoms with E-state index < -0.39 is 33.5 Å². The summed E-state index contributed by atoms with van der Waals surface area (Å²) in [5.41, 5.74) is 7.04. The number of hydrogen-bond acceptors (Lipinski definition) is 6. The van der Waals surface area contributed by atoms with Crippen LogP contribution in [0.15, 0.2) is 71.6 Å². The third-order valence-electron chi connectivity index (χ3n) is 6.86. The van der Waals surface area contributed by atoms with Gasteiger partial charge < -0.3 is 20.9 Å². The molecule has 11 heteroatoms. The lowest BCUT2D eigenvalue weighted by molar-refractivity contribution is -0.138. The zero-order valence-electron chi connectivity index (χ0n) is 20.3. The van der Waals surface area contributed by atoms with E-state index in [1.54, 1.807) is 42.5 Å². The number of hydrogen-bond donors (Lipinski definition) is 3. The number of benzene rings is 3. The summed E-state index contributed by atoms with van der Waals surface area (Å²) in [5.74, 6) is -1.28. The minimum atomic E-state index is -3.94. The first-order valence-electron chi connectivity index (χ1n) is 12.0. The number of rotatable bonds is 8. The van der Waals surface area contributed by atoms with Crippen molar-refractivity contribution in [2.24, 2.45) is 5.73 Å². The lowest BCUT2D eigenvalue weighted by atomic mass is 9.87. The Hall–Kier alpha value is -3.80. The molecule has 1 amide bonds. The van der Waals surface area contributed by atoms with Gasteiger partial charge in [-0.25, -0.2) is 12.8 Å². The number of halogens is 1. The highest BCUT2D eigenvalue weighted by molar-refractivity contribution is 7.89. The van der Waals surface area contributed by atoms with Crippen molar-refractivity contribution in [3.63, 3.8) is 0 Å². The van der Waals surface area contributed by atoms with Crippen LogP contribution >= 0.6 is 0 Å². The van der Waals surface area contributed by atoms with E-state index in [0.717, 1.165) is 5.56 Å². The first-order valence-corrected chi connectivity index (χ1v) is 13.5. The van der Waals surface area contributed by atoms with E-state index in [-0.39, 0.29) is 30.3 Å². The summed E-state index contributed by atoms with van der Waals surface area (Å²) in [5, 5.41) is 11.9. The van der Waals surface area contributed by atoms with Gasteiger partial charge in [0.05, 0.1) is 18.0 Å². The number of aliphatic carboxylic acids is 1. The van der Waals surface area contributed by atoms with Gasteiger partial charge in [0.1, 0.15) is 17.6 Å². The fraction of sp³-hybridized carbons (Fsp3) is 0.259. The number of fused-ring (bicyclic) bond motifs is 1. The highest BCUT2D eigenvalue weighted by atomic mass is 32.2. The van der Waals surface area contributed by atoms with Crippen molar-refractivity contribution in [1.29, 1.82) is 0 Å². The number of carbonyl (C=O) groups is 2. The Balaban J connectivity index is 1.42. The summed E-state index contributed by atoms with van der Waals surface area (Å²) < 4.78 is 48.2. The molecule has 198 valence electrons. The van der Waals surface area contributed by atoms with Crippen LogP contribution in [0.2, 0.25) is 0 Å². The Labute approximate surface area is 219 Å². The Kier molecular flexibility index (Phi) is 6.68. The minimum absolute atomic E-state index is 0.0140. The lowest BCUT2D eigenvalue weighted by Crippen LogP contribution is -2.64. The number of nitrogens with one attached hydrogen (secondary N) is 1. The predicted molar refractivity (Wildman–Crippen MR) is 136 cm³/mol. The first-order chi connectivity index (χ1) is 18.1. The van der Waals surface area contributed by atoms with Gasteiger partial charge in [-0.2, -0.15) is 4.31 Å². The second kappa shape index (κ2) is 9.82. The largest absolute Gasteiger partial charge is 0.480 e. The van der Waals surface area contributed by atoms with Crippen LogP contribution in [0.25, 0.3) is 0 Å². The van der Waals surface area contributed by atoms with Crippen LogP contribution in [0.3, 0.4) is 0 Å². The molecular formula is C27H26FN3O6S. The van der Waals surface area contributed by atoms with Crippen molar-refractivity contribution in [2.75, 3.05) is 19.6 Å². The van der Waals surface area contributed by atoms with Crippen molar-refractivity contribution in [3.05, 3.63) is 94.8 Å². The Morgan fingerprint density at radius 1 is 1.13 bits per heavy atom. The molecule has 0 radical (unpaired) electrons. The molecule has 4 N–H and O–H groups in total. The molecule has 2 heterocycles. The third kappa shape index (κ3) is 4.87. The second-order valence-electron chi connectivity index (χ2n) is 9.50. The number of carboxylic acid groups (broad SMARTS) is 1. The summed E-state index contributed by atoms with van der Waals surface area (Å²) in [6.45, 7) is 0.454. The summed E-state index contributed by atoms with van der Waals surface area (Å²) in [6, 6.07) is 15.7. The van der Waals surface area contributed by atoms with Crippen LogP contribution in [0.1, 0.15) is 27.0 Å². The van der Waals surface area contributed by atoms with Gasteiger partial charge in [0.2, 0.25) is 10.0 Å². The van der Waals surface area contributed by atoms with E-state index in [0.29, 0.717) is 35.4 Å².